The van der Waals surface area contributed by atoms with Crippen LogP contribution in [-0.4, -0.2) is 0 Å². The highest BCUT2D eigenvalue weighted by atomic mass is 16.3. The van der Waals surface area contributed by atoms with Gasteiger partial charge in [-0.25, -0.2) is 0 Å². The van der Waals surface area contributed by atoms with Gasteiger partial charge in [-0.1, -0.05) is 267 Å². The predicted octanol–water partition coefficient (Wildman–Crippen LogP) is 23.3. The lowest BCUT2D eigenvalue weighted by molar-refractivity contribution is 0.670. The molecule has 0 aliphatic heterocycles. The molecular weight excluding hydrogens is 1000 g/mol. The van der Waals surface area contributed by atoms with Crippen molar-refractivity contribution in [3.63, 3.8) is 0 Å². The average Bonchev–Trinajstić information content (AvgIpc) is 3.21. The molecule has 1 heterocycles. The van der Waals surface area contributed by atoms with Crippen LogP contribution in [0.15, 0.2) is 308 Å². The second kappa shape index (κ2) is 18.9. The molecule has 0 aliphatic carbocycles. The fourth-order valence-corrected chi connectivity index (χ4v) is 13.8. The number of fused-ring (bicyclic) bond motifs is 10. The standard InChI is InChI=1S/C82H50O/c1-2-20-53(21-3-1)78-67-29-10-11-30-68(67)79(60-25-16-24-58(48-60)63-33-17-34-74-66-28-14-15-35-77(66)83-82(63)74)75-49-56(40-42-72(75)78)57-41-43-73-76(50-57)80(61-39-37-52-19-5-7-23-55(52)47-61)69-31-12-13-32-70(69)81(73)71-45-44-62(64-26-8-9-27-65(64)71)59-38-36-51-18-4-6-22-54(51)46-59/h1-50H. The van der Waals surface area contributed by atoms with Crippen LogP contribution in [-0.2, 0) is 0 Å². The van der Waals surface area contributed by atoms with Crippen LogP contribution >= 0.6 is 0 Å². The van der Waals surface area contributed by atoms with E-state index in [0.29, 0.717) is 0 Å². The van der Waals surface area contributed by atoms with Gasteiger partial charge in [0, 0.05) is 16.3 Å². The Balaban J connectivity index is 0.920. The summed E-state index contributed by atoms with van der Waals surface area (Å²) in [4.78, 5) is 0. The van der Waals surface area contributed by atoms with E-state index < -0.39 is 0 Å². The minimum Gasteiger partial charge on any atom is -0.455 e. The summed E-state index contributed by atoms with van der Waals surface area (Å²) < 4.78 is 6.65. The van der Waals surface area contributed by atoms with Crippen LogP contribution in [0.3, 0.4) is 0 Å². The molecule has 0 N–H and O–H groups in total. The minimum atomic E-state index is 0.898. The molecule has 1 aromatic heterocycles. The van der Waals surface area contributed by atoms with Gasteiger partial charge in [0.15, 0.2) is 0 Å². The molecule has 0 saturated heterocycles. The first kappa shape index (κ1) is 47.0. The van der Waals surface area contributed by atoms with Crippen LogP contribution in [0.5, 0.6) is 0 Å². The van der Waals surface area contributed by atoms with Crippen molar-refractivity contribution >= 4 is 97.3 Å². The Hall–Kier alpha value is -10.9. The van der Waals surface area contributed by atoms with E-state index in [9.17, 15) is 0 Å². The molecule has 0 fully saturated rings. The molecule has 0 radical (unpaired) electrons. The second-order valence-corrected chi connectivity index (χ2v) is 22.2. The maximum Gasteiger partial charge on any atom is 0.143 e. The van der Waals surface area contributed by atoms with Crippen LogP contribution < -0.4 is 0 Å². The largest absolute Gasteiger partial charge is 0.455 e. The number of para-hydroxylation sites is 2. The molecule has 83 heavy (non-hydrogen) atoms. The van der Waals surface area contributed by atoms with Gasteiger partial charge in [0.05, 0.1) is 0 Å². The number of hydrogen-bond donors (Lipinski definition) is 0. The maximum absolute atomic E-state index is 6.65. The summed E-state index contributed by atoms with van der Waals surface area (Å²) in [6.07, 6.45) is 0. The van der Waals surface area contributed by atoms with Gasteiger partial charge in [-0.15, -0.1) is 0 Å². The van der Waals surface area contributed by atoms with E-state index >= 15 is 0 Å². The summed E-state index contributed by atoms with van der Waals surface area (Å²) in [5.74, 6) is 0. The highest BCUT2D eigenvalue weighted by molar-refractivity contribution is 6.26. The summed E-state index contributed by atoms with van der Waals surface area (Å²) >= 11 is 0. The molecule has 16 aromatic carbocycles. The molecule has 384 valence electrons. The topological polar surface area (TPSA) is 13.1 Å². The third kappa shape index (κ3) is 7.56. The quantitative estimate of drug-likeness (QED) is 0.145. The van der Waals surface area contributed by atoms with Crippen molar-refractivity contribution in [1.82, 2.24) is 0 Å². The summed E-state index contributed by atoms with van der Waals surface area (Å²) in [6, 6.07) is 112. The number of furan rings is 1. The Morgan fingerprint density at radius 2 is 0.578 bits per heavy atom. The van der Waals surface area contributed by atoms with Gasteiger partial charge in [-0.3, -0.25) is 0 Å². The van der Waals surface area contributed by atoms with Crippen molar-refractivity contribution in [3.05, 3.63) is 303 Å². The second-order valence-electron chi connectivity index (χ2n) is 22.2. The molecule has 0 spiro atoms. The highest BCUT2D eigenvalue weighted by Gasteiger charge is 2.23. The first-order valence-electron chi connectivity index (χ1n) is 28.7. The molecule has 0 unspecified atom stereocenters. The number of benzene rings is 16. The molecule has 0 bridgehead atoms. The lowest BCUT2D eigenvalue weighted by Crippen LogP contribution is -1.94. The Labute approximate surface area is 480 Å². The van der Waals surface area contributed by atoms with Gasteiger partial charge in [0.25, 0.3) is 0 Å². The number of rotatable bonds is 7. The van der Waals surface area contributed by atoms with Crippen LogP contribution in [0.1, 0.15) is 0 Å². The van der Waals surface area contributed by atoms with Gasteiger partial charge in [-0.2, -0.15) is 0 Å². The van der Waals surface area contributed by atoms with Gasteiger partial charge >= 0.3 is 0 Å². The van der Waals surface area contributed by atoms with Crippen LogP contribution in [0.2, 0.25) is 0 Å². The fraction of sp³-hybridized carbons (Fsp3) is 0. The van der Waals surface area contributed by atoms with E-state index in [2.05, 4.69) is 297 Å². The third-order valence-corrected chi connectivity index (χ3v) is 17.6. The molecule has 0 saturated carbocycles. The molecular formula is C82H50O. The van der Waals surface area contributed by atoms with Gasteiger partial charge in [0.1, 0.15) is 11.2 Å². The zero-order valence-electron chi connectivity index (χ0n) is 45.3. The molecule has 17 rings (SSSR count). The minimum absolute atomic E-state index is 0.898. The summed E-state index contributed by atoms with van der Waals surface area (Å²) in [5, 5.41) is 19.4. The third-order valence-electron chi connectivity index (χ3n) is 17.6. The lowest BCUT2D eigenvalue weighted by atomic mass is 9.82. The molecule has 0 atom stereocenters. The normalized spacial score (nSPS) is 11.9. The molecule has 0 aliphatic rings. The van der Waals surface area contributed by atoms with Crippen molar-refractivity contribution in [2.75, 3.05) is 0 Å². The Morgan fingerprint density at radius 3 is 1.24 bits per heavy atom. The van der Waals surface area contributed by atoms with Crippen LogP contribution in [0.4, 0.5) is 0 Å². The van der Waals surface area contributed by atoms with E-state index in [0.717, 1.165) is 49.8 Å². The van der Waals surface area contributed by atoms with Crippen LogP contribution in [0.25, 0.3) is 175 Å². The molecule has 1 nitrogen and oxygen atoms in total. The molecule has 17 aromatic rings. The van der Waals surface area contributed by atoms with E-state index in [-0.39, 0.29) is 0 Å². The SMILES string of the molecule is c1ccc(-c2c3ccccc3c(-c3cccc(-c4cccc5c4oc4ccccc45)c3)c3cc(-c4ccc5c(-c6ccc(-c7ccc8ccccc8c7)c7ccccc67)c6ccccc6c(-c6ccc7ccccc7c6)c5c4)ccc23)cc1. The lowest BCUT2D eigenvalue weighted by Gasteiger charge is -2.21. The van der Waals surface area contributed by atoms with E-state index in [4.69, 9.17) is 4.42 Å². The average molecular weight is 1050 g/mol. The van der Waals surface area contributed by atoms with Crippen molar-refractivity contribution in [2.24, 2.45) is 0 Å². The Bertz CT molecular complexity index is 5510. The zero-order valence-corrected chi connectivity index (χ0v) is 45.3. The van der Waals surface area contributed by atoms with Gasteiger partial charge in [0.2, 0.25) is 0 Å². The van der Waals surface area contributed by atoms with Gasteiger partial charge in [-0.05, 0) is 184 Å². The van der Waals surface area contributed by atoms with Crippen molar-refractivity contribution in [1.29, 1.82) is 0 Å². The zero-order chi connectivity index (χ0) is 54.5. The number of hydrogen-bond acceptors (Lipinski definition) is 1. The van der Waals surface area contributed by atoms with E-state index in [1.807, 2.05) is 6.07 Å². The monoisotopic (exact) mass is 1050 g/mol. The predicted molar refractivity (Wildman–Crippen MR) is 354 cm³/mol. The first-order valence-corrected chi connectivity index (χ1v) is 28.7. The van der Waals surface area contributed by atoms with E-state index in [1.54, 1.807) is 0 Å². The first-order chi connectivity index (χ1) is 41.2. The molecule has 1 heteroatoms. The van der Waals surface area contributed by atoms with Crippen molar-refractivity contribution in [3.8, 4) is 77.9 Å². The Kier molecular flexibility index (Phi) is 10.7. The Morgan fingerprint density at radius 1 is 0.169 bits per heavy atom. The summed E-state index contributed by atoms with van der Waals surface area (Å²) in [6.45, 7) is 0. The summed E-state index contributed by atoms with van der Waals surface area (Å²) in [5.41, 5.74) is 18.4. The van der Waals surface area contributed by atoms with Crippen molar-refractivity contribution < 1.29 is 4.42 Å². The van der Waals surface area contributed by atoms with Gasteiger partial charge < -0.3 is 4.42 Å². The van der Waals surface area contributed by atoms with E-state index in [1.165, 1.54) is 125 Å². The van der Waals surface area contributed by atoms with Crippen molar-refractivity contribution in [2.45, 2.75) is 0 Å². The summed E-state index contributed by atoms with van der Waals surface area (Å²) in [7, 11) is 0. The fourth-order valence-electron chi connectivity index (χ4n) is 13.8. The smallest absolute Gasteiger partial charge is 0.143 e. The van der Waals surface area contributed by atoms with Crippen LogP contribution in [0, 0.1) is 0 Å². The molecule has 0 amide bonds. The maximum atomic E-state index is 6.65. The highest BCUT2D eigenvalue weighted by Crippen LogP contribution is 2.50.